The molecule has 2 rings (SSSR count). The lowest BCUT2D eigenvalue weighted by Gasteiger charge is -2.23. The van der Waals surface area contributed by atoms with Gasteiger partial charge in [-0.2, -0.15) is 26.3 Å². The van der Waals surface area contributed by atoms with E-state index in [1.807, 2.05) is 0 Å². The summed E-state index contributed by atoms with van der Waals surface area (Å²) in [6.45, 7) is 1.14. The van der Waals surface area contributed by atoms with Crippen molar-refractivity contribution in [1.82, 2.24) is 0 Å². The maximum atomic E-state index is 13.1. The summed E-state index contributed by atoms with van der Waals surface area (Å²) in [5.41, 5.74) is 3.12. The predicted octanol–water partition coefficient (Wildman–Crippen LogP) is 5.97. The lowest BCUT2D eigenvalue weighted by Crippen LogP contribution is -2.29. The zero-order valence-corrected chi connectivity index (χ0v) is 17.7. The third-order valence-electron chi connectivity index (χ3n) is 5.32. The van der Waals surface area contributed by atoms with Crippen molar-refractivity contribution in [2.45, 2.75) is 50.2 Å². The number of ether oxygens (including phenoxy) is 1. The quantitative estimate of drug-likeness (QED) is 0.259. The first-order valence-electron chi connectivity index (χ1n) is 10.1. The highest BCUT2D eigenvalue weighted by Crippen LogP contribution is 2.38. The van der Waals surface area contributed by atoms with Crippen molar-refractivity contribution in [2.24, 2.45) is 5.73 Å². The minimum absolute atomic E-state index is 0.0578. The van der Waals surface area contributed by atoms with Crippen molar-refractivity contribution in [3.8, 4) is 0 Å². The summed E-state index contributed by atoms with van der Waals surface area (Å²) in [6.07, 6.45) is -10.6. The van der Waals surface area contributed by atoms with Crippen LogP contribution in [0, 0.1) is 10.1 Å². The molecule has 0 saturated carbocycles. The molecule has 0 aliphatic rings. The van der Waals surface area contributed by atoms with Gasteiger partial charge in [-0.05, 0) is 42.7 Å². The Labute approximate surface area is 186 Å². The van der Waals surface area contributed by atoms with E-state index in [1.165, 1.54) is 6.92 Å². The molecule has 3 atom stereocenters. The lowest BCUT2D eigenvalue weighted by molar-refractivity contribution is -0.520. The van der Waals surface area contributed by atoms with Gasteiger partial charge in [0, 0.05) is 17.3 Å². The first kappa shape index (κ1) is 26.6. The normalized spacial score (nSPS) is 15.2. The van der Waals surface area contributed by atoms with Gasteiger partial charge in [0.2, 0.25) is 6.04 Å². The molecular formula is C22H24F6N2O3. The van der Waals surface area contributed by atoms with Crippen LogP contribution in [-0.2, 0) is 17.1 Å². The van der Waals surface area contributed by atoms with Gasteiger partial charge in [0.15, 0.2) is 0 Å². The molecule has 0 aliphatic heterocycles. The SMILES string of the molecule is C[C@@H](OC[C@@H](CCC(CN)[N+](=O)[O-])c1ccccc1)c1cc(C(F)(F)F)cc(C(F)(F)F)c1. The lowest BCUT2D eigenvalue weighted by atomic mass is 9.93. The molecule has 0 spiro atoms. The van der Waals surface area contributed by atoms with E-state index in [9.17, 15) is 36.5 Å². The van der Waals surface area contributed by atoms with E-state index in [0.29, 0.717) is 18.6 Å². The number of halogens is 6. The average molecular weight is 478 g/mol. The number of nitro groups is 1. The van der Waals surface area contributed by atoms with Crippen molar-refractivity contribution < 1.29 is 36.0 Å². The molecule has 0 bridgehead atoms. The van der Waals surface area contributed by atoms with Crippen molar-refractivity contribution in [2.75, 3.05) is 13.2 Å². The summed E-state index contributed by atoms with van der Waals surface area (Å²) in [7, 11) is 0. The molecule has 0 aromatic heterocycles. The topological polar surface area (TPSA) is 78.4 Å². The smallest absolute Gasteiger partial charge is 0.373 e. The third kappa shape index (κ3) is 7.71. The highest BCUT2D eigenvalue weighted by molar-refractivity contribution is 5.34. The van der Waals surface area contributed by atoms with Gasteiger partial charge in [-0.25, -0.2) is 0 Å². The zero-order valence-electron chi connectivity index (χ0n) is 17.7. The number of nitrogens with zero attached hydrogens (tertiary/aromatic N) is 1. The van der Waals surface area contributed by atoms with Gasteiger partial charge in [-0.3, -0.25) is 10.1 Å². The van der Waals surface area contributed by atoms with E-state index in [4.69, 9.17) is 10.5 Å². The van der Waals surface area contributed by atoms with Crippen LogP contribution < -0.4 is 5.73 Å². The maximum Gasteiger partial charge on any atom is 0.416 e. The molecule has 0 saturated heterocycles. The van der Waals surface area contributed by atoms with Gasteiger partial charge < -0.3 is 10.5 Å². The third-order valence-corrected chi connectivity index (χ3v) is 5.32. The Hall–Kier alpha value is -2.66. The molecule has 2 aromatic carbocycles. The molecule has 1 unspecified atom stereocenters. The summed E-state index contributed by atoms with van der Waals surface area (Å²) >= 11 is 0. The van der Waals surface area contributed by atoms with Gasteiger partial charge in [0.05, 0.1) is 30.4 Å². The highest BCUT2D eigenvalue weighted by Gasteiger charge is 2.37. The maximum absolute atomic E-state index is 13.1. The average Bonchev–Trinajstić information content (AvgIpc) is 2.74. The second-order valence-corrected chi connectivity index (χ2v) is 7.67. The highest BCUT2D eigenvalue weighted by atomic mass is 19.4. The fraction of sp³-hybridized carbons (Fsp3) is 0.455. The van der Waals surface area contributed by atoms with Crippen molar-refractivity contribution >= 4 is 0 Å². The standard InChI is InChI=1S/C22H24F6N2O3/c1-14(17-9-18(21(23,24)25)11-19(10-17)22(26,27)28)33-13-16(15-5-3-2-4-6-15)7-8-20(12-29)30(31)32/h2-6,9-11,14,16,20H,7-8,12-13,29H2,1H3/t14-,16-,20?/m1/s1. The number of benzene rings is 2. The molecule has 182 valence electrons. The predicted molar refractivity (Wildman–Crippen MR) is 109 cm³/mol. The fourth-order valence-electron chi connectivity index (χ4n) is 3.34. The number of hydrogen-bond acceptors (Lipinski definition) is 4. The van der Waals surface area contributed by atoms with E-state index in [2.05, 4.69) is 0 Å². The molecule has 11 heteroatoms. The van der Waals surface area contributed by atoms with E-state index >= 15 is 0 Å². The van der Waals surface area contributed by atoms with Crippen LogP contribution in [0.25, 0.3) is 0 Å². The summed E-state index contributed by atoms with van der Waals surface area (Å²) in [5.74, 6) is -0.365. The second kappa shape index (κ2) is 11.0. The summed E-state index contributed by atoms with van der Waals surface area (Å²) in [5, 5.41) is 11.1. The second-order valence-electron chi connectivity index (χ2n) is 7.67. The van der Waals surface area contributed by atoms with Gasteiger partial charge in [-0.1, -0.05) is 30.3 Å². The number of rotatable bonds is 10. The van der Waals surface area contributed by atoms with Crippen LogP contribution in [0.1, 0.15) is 54.0 Å². The number of nitrogens with two attached hydrogens (primary N) is 1. The Balaban J connectivity index is 2.24. The molecule has 2 N–H and O–H groups in total. The number of alkyl halides is 6. The Bertz CT molecular complexity index is 886. The molecule has 0 radical (unpaired) electrons. The van der Waals surface area contributed by atoms with Crippen molar-refractivity contribution in [3.63, 3.8) is 0 Å². The van der Waals surface area contributed by atoms with Crippen LogP contribution in [0.5, 0.6) is 0 Å². The summed E-state index contributed by atoms with van der Waals surface area (Å²) in [4.78, 5) is 10.6. The fourth-order valence-corrected chi connectivity index (χ4v) is 3.34. The molecule has 2 aromatic rings. The summed E-state index contributed by atoms with van der Waals surface area (Å²) < 4.78 is 84.5. The Morgan fingerprint density at radius 3 is 1.94 bits per heavy atom. The molecule has 0 aliphatic carbocycles. The Morgan fingerprint density at radius 2 is 1.48 bits per heavy atom. The molecule has 5 nitrogen and oxygen atoms in total. The first-order chi connectivity index (χ1) is 15.3. The van der Waals surface area contributed by atoms with Crippen LogP contribution in [-0.4, -0.2) is 24.1 Å². The van der Waals surface area contributed by atoms with Gasteiger partial charge in [-0.15, -0.1) is 0 Å². The molecule has 0 heterocycles. The molecule has 0 fully saturated rings. The molecule has 33 heavy (non-hydrogen) atoms. The van der Waals surface area contributed by atoms with Gasteiger partial charge >= 0.3 is 12.4 Å². The van der Waals surface area contributed by atoms with Gasteiger partial charge in [0.25, 0.3) is 0 Å². The summed E-state index contributed by atoms with van der Waals surface area (Å²) in [6, 6.07) is 9.18. The minimum atomic E-state index is -4.96. The molecular weight excluding hydrogens is 454 g/mol. The monoisotopic (exact) mass is 478 g/mol. The van der Waals surface area contributed by atoms with Crippen LogP contribution >= 0.6 is 0 Å². The van der Waals surface area contributed by atoms with Crippen molar-refractivity contribution in [1.29, 1.82) is 0 Å². The minimum Gasteiger partial charge on any atom is -0.373 e. The molecule has 0 amide bonds. The van der Waals surface area contributed by atoms with E-state index in [0.717, 1.165) is 5.56 Å². The Kier molecular flexibility index (Phi) is 8.84. The van der Waals surface area contributed by atoms with Gasteiger partial charge in [0.1, 0.15) is 0 Å². The van der Waals surface area contributed by atoms with Crippen LogP contribution in [0.3, 0.4) is 0 Å². The van der Waals surface area contributed by atoms with Crippen molar-refractivity contribution in [3.05, 3.63) is 80.9 Å². The van der Waals surface area contributed by atoms with Crippen LogP contribution in [0.15, 0.2) is 48.5 Å². The van der Waals surface area contributed by atoms with E-state index < -0.39 is 40.5 Å². The zero-order chi connectivity index (χ0) is 24.8. The van der Waals surface area contributed by atoms with Crippen LogP contribution in [0.4, 0.5) is 26.3 Å². The largest absolute Gasteiger partial charge is 0.416 e. The van der Waals surface area contributed by atoms with E-state index in [-0.39, 0.29) is 37.1 Å². The van der Waals surface area contributed by atoms with E-state index in [1.54, 1.807) is 30.3 Å². The number of hydrogen-bond donors (Lipinski definition) is 1. The Morgan fingerprint density at radius 1 is 0.939 bits per heavy atom. The van der Waals surface area contributed by atoms with Crippen LogP contribution in [0.2, 0.25) is 0 Å². The first-order valence-corrected chi connectivity index (χ1v) is 10.1.